The number of fused-ring (bicyclic) bond motifs is 3. The molecule has 6 nitrogen and oxygen atoms in total. The Morgan fingerprint density at radius 2 is 1.45 bits per heavy atom. The smallest absolute Gasteiger partial charge is 0.407 e. The van der Waals surface area contributed by atoms with E-state index in [1.807, 2.05) is 74.2 Å². The van der Waals surface area contributed by atoms with Crippen molar-refractivity contribution in [3.8, 4) is 11.1 Å². The van der Waals surface area contributed by atoms with Crippen molar-refractivity contribution < 1.29 is 23.5 Å². The summed E-state index contributed by atoms with van der Waals surface area (Å²) in [7, 11) is -2.02. The van der Waals surface area contributed by atoms with E-state index < -0.39 is 20.5 Å². The maximum Gasteiger partial charge on any atom is 0.407 e. The van der Waals surface area contributed by atoms with Crippen molar-refractivity contribution >= 4 is 37.6 Å². The number of amides is 1. The van der Waals surface area contributed by atoms with Gasteiger partial charge in [-0.1, -0.05) is 78.9 Å². The zero-order chi connectivity index (χ0) is 27.1. The second-order valence-electron chi connectivity index (χ2n) is 10.2. The van der Waals surface area contributed by atoms with Crippen LogP contribution in [-0.2, 0) is 25.3 Å². The Labute approximate surface area is 230 Å². The Kier molecular flexibility index (Phi) is 8.96. The van der Waals surface area contributed by atoms with Crippen LogP contribution in [-0.4, -0.2) is 38.1 Å². The first-order valence-corrected chi connectivity index (χ1v) is 16.6. The van der Waals surface area contributed by atoms with Gasteiger partial charge in [-0.2, -0.15) is 0 Å². The molecule has 1 aliphatic carbocycles. The molecule has 3 aromatic carbocycles. The molecular formula is C30H33NO5SSi. The van der Waals surface area contributed by atoms with Gasteiger partial charge in [0.05, 0.1) is 6.04 Å². The predicted octanol–water partition coefficient (Wildman–Crippen LogP) is 6.60. The van der Waals surface area contributed by atoms with Crippen LogP contribution in [0.25, 0.3) is 11.1 Å². The highest BCUT2D eigenvalue weighted by Crippen LogP contribution is 2.44. The zero-order valence-electron chi connectivity index (χ0n) is 21.9. The van der Waals surface area contributed by atoms with Gasteiger partial charge in [-0.15, -0.1) is 0 Å². The molecule has 1 N–H and O–H groups in total. The molecular weight excluding hydrogens is 514 g/mol. The van der Waals surface area contributed by atoms with Crippen LogP contribution in [0, 0.1) is 0 Å². The number of nitrogens with one attached hydrogen (secondary N) is 1. The minimum Gasteiger partial charge on any atom is -0.538 e. The largest absolute Gasteiger partial charge is 0.538 e. The molecule has 8 heteroatoms. The average Bonchev–Trinajstić information content (AvgIpc) is 3.22. The number of ether oxygens (including phenoxy) is 2. The summed E-state index contributed by atoms with van der Waals surface area (Å²) in [4.78, 5) is 25.3. The topological polar surface area (TPSA) is 73.9 Å². The summed E-state index contributed by atoms with van der Waals surface area (Å²) < 4.78 is 17.1. The Balaban J connectivity index is 1.36. The quantitative estimate of drug-likeness (QED) is 0.175. The maximum absolute atomic E-state index is 12.9. The van der Waals surface area contributed by atoms with Crippen LogP contribution in [0.3, 0.4) is 0 Å². The van der Waals surface area contributed by atoms with E-state index in [1.165, 1.54) is 0 Å². The van der Waals surface area contributed by atoms with Gasteiger partial charge >= 0.3 is 12.1 Å². The van der Waals surface area contributed by atoms with E-state index in [0.717, 1.165) is 27.8 Å². The molecule has 0 aromatic heterocycles. The molecule has 0 saturated carbocycles. The zero-order valence-corrected chi connectivity index (χ0v) is 23.8. The van der Waals surface area contributed by atoms with E-state index in [9.17, 15) is 9.59 Å². The van der Waals surface area contributed by atoms with Gasteiger partial charge in [0, 0.05) is 12.3 Å². The number of benzene rings is 3. The highest BCUT2D eigenvalue weighted by Gasteiger charge is 2.30. The third-order valence-corrected chi connectivity index (χ3v) is 7.55. The van der Waals surface area contributed by atoms with Gasteiger partial charge in [0.2, 0.25) is 8.32 Å². The summed E-state index contributed by atoms with van der Waals surface area (Å²) in [5.41, 5.74) is 5.50. The van der Waals surface area contributed by atoms with Crippen molar-refractivity contribution in [1.82, 2.24) is 5.32 Å². The van der Waals surface area contributed by atoms with Crippen molar-refractivity contribution in [3.05, 3.63) is 95.6 Å². The summed E-state index contributed by atoms with van der Waals surface area (Å²) in [6.07, 6.45) is -0.270. The lowest BCUT2D eigenvalue weighted by atomic mass is 9.98. The average molecular weight is 548 g/mol. The van der Waals surface area contributed by atoms with Crippen molar-refractivity contribution in [2.45, 2.75) is 51.0 Å². The molecule has 0 aliphatic heterocycles. The number of alkyl carbamates (subject to hydrolysis) is 1. The third-order valence-electron chi connectivity index (χ3n) is 6.21. The third kappa shape index (κ3) is 7.30. The molecule has 0 radical (unpaired) electrons. The fraction of sp³-hybridized carbons (Fsp3) is 0.300. The van der Waals surface area contributed by atoms with Crippen LogP contribution in [0.4, 0.5) is 4.79 Å². The maximum atomic E-state index is 12.9. The highest BCUT2D eigenvalue weighted by molar-refractivity contribution is 7.80. The van der Waals surface area contributed by atoms with Crippen molar-refractivity contribution in [2.75, 3.05) is 6.61 Å². The Morgan fingerprint density at radius 3 is 2.05 bits per heavy atom. The van der Waals surface area contributed by atoms with Crippen LogP contribution in [0.5, 0.6) is 0 Å². The number of esters is 1. The van der Waals surface area contributed by atoms with E-state index in [1.54, 1.807) is 0 Å². The van der Waals surface area contributed by atoms with E-state index >= 15 is 0 Å². The minimum atomic E-state index is -2.02. The predicted molar refractivity (Wildman–Crippen MR) is 154 cm³/mol. The highest BCUT2D eigenvalue weighted by atomic mass is 32.1. The fourth-order valence-electron chi connectivity index (χ4n) is 4.48. The van der Waals surface area contributed by atoms with Gasteiger partial charge in [-0.3, -0.25) is 4.79 Å². The van der Waals surface area contributed by atoms with Crippen LogP contribution in [0.15, 0.2) is 78.9 Å². The summed E-state index contributed by atoms with van der Waals surface area (Å²) in [6.45, 7) is 6.42. The minimum absolute atomic E-state index is 0.0512. The van der Waals surface area contributed by atoms with Crippen LogP contribution in [0.1, 0.15) is 35.4 Å². The van der Waals surface area contributed by atoms with E-state index in [-0.39, 0.29) is 43.0 Å². The first kappa shape index (κ1) is 27.5. The lowest BCUT2D eigenvalue weighted by Crippen LogP contribution is -2.45. The SMILES string of the molecule is C[Si](C)(C)OC(=S)C(CCC(=O)OCc1ccccc1)NC(=O)OCC1c2ccccc2-c2ccccc21. The summed E-state index contributed by atoms with van der Waals surface area (Å²) in [6, 6.07) is 25.2. The molecule has 1 atom stereocenters. The second-order valence-corrected chi connectivity index (χ2v) is 15.1. The molecule has 1 unspecified atom stereocenters. The van der Waals surface area contributed by atoms with Crippen molar-refractivity contribution in [3.63, 3.8) is 0 Å². The number of rotatable bonds is 10. The Bertz CT molecular complexity index is 1250. The molecule has 0 saturated heterocycles. The first-order chi connectivity index (χ1) is 18.2. The molecule has 38 heavy (non-hydrogen) atoms. The molecule has 0 bridgehead atoms. The molecule has 198 valence electrons. The number of hydrogen-bond acceptors (Lipinski definition) is 6. The van der Waals surface area contributed by atoms with E-state index in [2.05, 4.69) is 29.6 Å². The molecule has 3 aromatic rings. The van der Waals surface area contributed by atoms with Crippen molar-refractivity contribution in [1.29, 1.82) is 0 Å². The first-order valence-electron chi connectivity index (χ1n) is 12.7. The lowest BCUT2D eigenvalue weighted by Gasteiger charge is -2.26. The molecule has 0 spiro atoms. The molecule has 1 amide bonds. The van der Waals surface area contributed by atoms with E-state index in [4.69, 9.17) is 26.1 Å². The normalized spacial score (nSPS) is 13.1. The number of hydrogen-bond donors (Lipinski definition) is 1. The van der Waals surface area contributed by atoms with Crippen molar-refractivity contribution in [2.24, 2.45) is 0 Å². The summed E-state index contributed by atoms with van der Waals surface area (Å²) in [5.74, 6) is -0.422. The number of carbonyl (C=O) groups is 2. The second kappa shape index (κ2) is 12.4. The monoisotopic (exact) mass is 547 g/mol. The number of carbonyl (C=O) groups excluding carboxylic acids is 2. The standard InChI is InChI=1S/C30H33NO5SSi/c1-38(2,3)36-29(37)27(17-18-28(32)34-19-21-11-5-4-6-12-21)31-30(33)35-20-26-24-15-9-7-13-22(24)23-14-8-10-16-25(23)26/h4-16,26-27H,17-20H2,1-3H3,(H,31,33). The number of thiocarbonyl (C=S) groups is 1. The van der Waals surface area contributed by atoms with Gasteiger partial charge in [0.25, 0.3) is 0 Å². The molecule has 4 rings (SSSR count). The summed E-state index contributed by atoms with van der Waals surface area (Å²) >= 11 is 5.52. The molecule has 1 aliphatic rings. The Hall–Kier alpha value is -3.49. The van der Waals surface area contributed by atoms with Gasteiger partial charge in [-0.05, 0) is 66.1 Å². The molecule has 0 heterocycles. The van der Waals surface area contributed by atoms with Crippen LogP contribution in [0.2, 0.25) is 19.6 Å². The Morgan fingerprint density at radius 1 is 0.868 bits per heavy atom. The van der Waals surface area contributed by atoms with Crippen LogP contribution >= 0.6 is 12.2 Å². The van der Waals surface area contributed by atoms with Gasteiger partial charge in [0.1, 0.15) is 13.2 Å². The fourth-order valence-corrected chi connectivity index (χ4v) is 6.15. The van der Waals surface area contributed by atoms with Gasteiger partial charge < -0.3 is 19.2 Å². The molecule has 0 fully saturated rings. The van der Waals surface area contributed by atoms with Gasteiger partial charge in [-0.25, -0.2) is 4.79 Å². The van der Waals surface area contributed by atoms with E-state index in [0.29, 0.717) is 0 Å². The lowest BCUT2D eigenvalue weighted by molar-refractivity contribution is -0.145. The van der Waals surface area contributed by atoms with Gasteiger partial charge in [0.15, 0.2) is 5.05 Å². The van der Waals surface area contributed by atoms with Crippen LogP contribution < -0.4 is 5.32 Å². The summed E-state index contributed by atoms with van der Waals surface area (Å²) in [5, 5.41) is 3.09.